The van der Waals surface area contributed by atoms with Gasteiger partial charge >= 0.3 is 11.8 Å². The lowest BCUT2D eigenvalue weighted by atomic mass is 10.1. The summed E-state index contributed by atoms with van der Waals surface area (Å²) < 4.78 is 0. The van der Waals surface area contributed by atoms with Crippen molar-refractivity contribution in [1.29, 1.82) is 0 Å². The maximum Gasteiger partial charge on any atom is 0.316 e. The first-order valence-corrected chi connectivity index (χ1v) is 7.35. The van der Waals surface area contributed by atoms with Gasteiger partial charge in [0.05, 0.1) is 6.04 Å². The molecule has 2 rings (SSSR count). The highest BCUT2D eigenvalue weighted by molar-refractivity contribution is 6.40. The monoisotopic (exact) mass is 296 g/mol. The Labute approximate surface area is 130 Å². The van der Waals surface area contributed by atoms with E-state index in [2.05, 4.69) is 5.32 Å². The third-order valence-corrected chi connectivity index (χ3v) is 3.47. The zero-order valence-corrected chi connectivity index (χ0v) is 12.8. The zero-order chi connectivity index (χ0) is 15.9. The van der Waals surface area contributed by atoms with Crippen molar-refractivity contribution in [3.63, 3.8) is 0 Å². The van der Waals surface area contributed by atoms with Crippen molar-refractivity contribution in [2.75, 3.05) is 11.4 Å². The summed E-state index contributed by atoms with van der Waals surface area (Å²) in [6.45, 7) is 4.15. The van der Waals surface area contributed by atoms with Crippen LogP contribution in [0.4, 0.5) is 5.69 Å². The highest BCUT2D eigenvalue weighted by atomic mass is 16.2. The van der Waals surface area contributed by atoms with Crippen molar-refractivity contribution in [2.45, 2.75) is 19.9 Å². The minimum Gasteiger partial charge on any atom is -0.341 e. The number of amides is 2. The fraction of sp³-hybridized carbons (Fsp3) is 0.222. The molecule has 1 unspecified atom stereocenters. The van der Waals surface area contributed by atoms with Gasteiger partial charge in [0.25, 0.3) is 0 Å². The molecule has 0 aliphatic heterocycles. The number of para-hydroxylation sites is 1. The van der Waals surface area contributed by atoms with Crippen LogP contribution in [-0.4, -0.2) is 18.4 Å². The molecule has 0 spiro atoms. The van der Waals surface area contributed by atoms with Gasteiger partial charge in [-0.25, -0.2) is 0 Å². The fourth-order valence-electron chi connectivity index (χ4n) is 2.26. The van der Waals surface area contributed by atoms with Crippen LogP contribution in [0, 0.1) is 0 Å². The highest BCUT2D eigenvalue weighted by Crippen LogP contribution is 2.14. The molecule has 1 N–H and O–H groups in total. The molecule has 114 valence electrons. The molecule has 1 atom stereocenters. The zero-order valence-electron chi connectivity index (χ0n) is 12.8. The van der Waals surface area contributed by atoms with Crippen molar-refractivity contribution in [1.82, 2.24) is 5.32 Å². The number of carbonyl (C=O) groups excluding carboxylic acids is 2. The molecule has 2 aromatic rings. The van der Waals surface area contributed by atoms with E-state index in [1.807, 2.05) is 74.5 Å². The summed E-state index contributed by atoms with van der Waals surface area (Å²) in [6, 6.07) is 18.5. The normalized spacial score (nSPS) is 11.5. The number of nitrogens with one attached hydrogen (secondary N) is 1. The SMILES string of the molecule is CCN(C(=O)C(=O)NC(C)c1ccccc1)c1ccccc1. The minimum atomic E-state index is -0.595. The maximum absolute atomic E-state index is 12.4. The minimum absolute atomic E-state index is 0.216. The predicted molar refractivity (Wildman–Crippen MR) is 87.5 cm³/mol. The lowest BCUT2D eigenvalue weighted by molar-refractivity contribution is -0.138. The van der Waals surface area contributed by atoms with Crippen LogP contribution in [0.25, 0.3) is 0 Å². The summed E-state index contributed by atoms with van der Waals surface area (Å²) in [5, 5.41) is 2.75. The number of nitrogens with zero attached hydrogens (tertiary/aromatic N) is 1. The van der Waals surface area contributed by atoms with Crippen LogP contribution in [0.2, 0.25) is 0 Å². The Hall–Kier alpha value is -2.62. The van der Waals surface area contributed by atoms with E-state index in [1.54, 1.807) is 0 Å². The van der Waals surface area contributed by atoms with Crippen molar-refractivity contribution in [2.24, 2.45) is 0 Å². The third kappa shape index (κ3) is 3.73. The molecular formula is C18H20N2O2. The van der Waals surface area contributed by atoms with Gasteiger partial charge in [0, 0.05) is 12.2 Å². The van der Waals surface area contributed by atoms with E-state index in [4.69, 9.17) is 0 Å². The molecule has 2 aromatic carbocycles. The molecule has 0 fully saturated rings. The van der Waals surface area contributed by atoms with Crippen LogP contribution in [0.15, 0.2) is 60.7 Å². The van der Waals surface area contributed by atoms with E-state index in [9.17, 15) is 9.59 Å². The molecule has 0 radical (unpaired) electrons. The molecule has 4 nitrogen and oxygen atoms in total. The smallest absolute Gasteiger partial charge is 0.316 e. The lowest BCUT2D eigenvalue weighted by Gasteiger charge is -2.22. The maximum atomic E-state index is 12.4. The first-order valence-electron chi connectivity index (χ1n) is 7.35. The van der Waals surface area contributed by atoms with Gasteiger partial charge in [0.15, 0.2) is 0 Å². The first kappa shape index (κ1) is 15.8. The van der Waals surface area contributed by atoms with Gasteiger partial charge in [0.1, 0.15) is 0 Å². The second kappa shape index (κ2) is 7.41. The van der Waals surface area contributed by atoms with Crippen LogP contribution in [-0.2, 0) is 9.59 Å². The summed E-state index contributed by atoms with van der Waals surface area (Å²) in [7, 11) is 0. The van der Waals surface area contributed by atoms with Gasteiger partial charge < -0.3 is 10.2 Å². The Morgan fingerprint density at radius 1 is 1.00 bits per heavy atom. The van der Waals surface area contributed by atoms with E-state index < -0.39 is 11.8 Å². The third-order valence-electron chi connectivity index (χ3n) is 3.47. The quantitative estimate of drug-likeness (QED) is 0.882. The number of carbonyl (C=O) groups is 2. The van der Waals surface area contributed by atoms with Crippen LogP contribution < -0.4 is 10.2 Å². The Morgan fingerprint density at radius 3 is 2.09 bits per heavy atom. The molecule has 22 heavy (non-hydrogen) atoms. The summed E-state index contributed by atoms with van der Waals surface area (Å²) in [4.78, 5) is 26.0. The number of hydrogen-bond acceptors (Lipinski definition) is 2. The van der Waals surface area contributed by atoms with Gasteiger partial charge in [0.2, 0.25) is 0 Å². The predicted octanol–water partition coefficient (Wildman–Crippen LogP) is 2.92. The van der Waals surface area contributed by atoms with E-state index in [0.29, 0.717) is 6.54 Å². The largest absolute Gasteiger partial charge is 0.341 e. The van der Waals surface area contributed by atoms with Crippen molar-refractivity contribution in [3.05, 3.63) is 66.2 Å². The second-order valence-electron chi connectivity index (χ2n) is 4.99. The number of hydrogen-bond donors (Lipinski definition) is 1. The van der Waals surface area contributed by atoms with Crippen molar-refractivity contribution in [3.8, 4) is 0 Å². The van der Waals surface area contributed by atoms with Gasteiger partial charge in [-0.05, 0) is 31.5 Å². The molecule has 0 saturated carbocycles. The van der Waals surface area contributed by atoms with Crippen LogP contribution in [0.1, 0.15) is 25.5 Å². The molecular weight excluding hydrogens is 276 g/mol. The van der Waals surface area contributed by atoms with Gasteiger partial charge in [-0.2, -0.15) is 0 Å². The second-order valence-corrected chi connectivity index (χ2v) is 4.99. The molecule has 4 heteroatoms. The van der Waals surface area contributed by atoms with E-state index >= 15 is 0 Å². The molecule has 0 aliphatic carbocycles. The van der Waals surface area contributed by atoms with Crippen LogP contribution in [0.5, 0.6) is 0 Å². The molecule has 2 amide bonds. The van der Waals surface area contributed by atoms with Crippen LogP contribution in [0.3, 0.4) is 0 Å². The first-order chi connectivity index (χ1) is 10.6. The standard InChI is InChI=1S/C18H20N2O2/c1-3-20(16-12-8-5-9-13-16)18(22)17(21)19-14(2)15-10-6-4-7-11-15/h4-14H,3H2,1-2H3,(H,19,21). The lowest BCUT2D eigenvalue weighted by Crippen LogP contribution is -2.43. The van der Waals surface area contributed by atoms with Gasteiger partial charge in [-0.3, -0.25) is 9.59 Å². The summed E-state index contributed by atoms with van der Waals surface area (Å²) in [5.41, 5.74) is 1.68. The average molecular weight is 296 g/mol. The summed E-state index contributed by atoms with van der Waals surface area (Å²) in [6.07, 6.45) is 0. The van der Waals surface area contributed by atoms with E-state index in [1.165, 1.54) is 4.90 Å². The van der Waals surface area contributed by atoms with E-state index in [0.717, 1.165) is 11.3 Å². The molecule has 0 heterocycles. The van der Waals surface area contributed by atoms with Crippen molar-refractivity contribution >= 4 is 17.5 Å². The molecule has 0 saturated heterocycles. The Balaban J connectivity index is 2.07. The number of benzene rings is 2. The average Bonchev–Trinajstić information content (AvgIpc) is 2.57. The molecule has 0 bridgehead atoms. The van der Waals surface area contributed by atoms with E-state index in [-0.39, 0.29) is 6.04 Å². The summed E-state index contributed by atoms with van der Waals surface area (Å²) in [5.74, 6) is -1.14. The molecule has 0 aliphatic rings. The van der Waals surface area contributed by atoms with Gasteiger partial charge in [-0.1, -0.05) is 48.5 Å². The van der Waals surface area contributed by atoms with Crippen molar-refractivity contribution < 1.29 is 9.59 Å². The Kier molecular flexibility index (Phi) is 5.31. The van der Waals surface area contributed by atoms with Gasteiger partial charge in [-0.15, -0.1) is 0 Å². The number of anilines is 1. The Bertz CT molecular complexity index is 626. The van der Waals surface area contributed by atoms with Crippen LogP contribution >= 0.6 is 0 Å². The number of likely N-dealkylation sites (N-methyl/N-ethyl adjacent to an activating group) is 1. The fourth-order valence-corrected chi connectivity index (χ4v) is 2.26. The number of rotatable bonds is 4. The Morgan fingerprint density at radius 2 is 1.55 bits per heavy atom. The molecule has 0 aromatic heterocycles. The summed E-state index contributed by atoms with van der Waals surface area (Å²) >= 11 is 0. The topological polar surface area (TPSA) is 49.4 Å². The highest BCUT2D eigenvalue weighted by Gasteiger charge is 2.23.